The van der Waals surface area contributed by atoms with Crippen molar-refractivity contribution in [3.63, 3.8) is 0 Å². The number of alkyl carbamates (subject to hydrolysis) is 1. The van der Waals surface area contributed by atoms with E-state index in [0.717, 1.165) is 18.2 Å². The van der Waals surface area contributed by atoms with Crippen molar-refractivity contribution in [2.75, 3.05) is 13.1 Å². The van der Waals surface area contributed by atoms with Crippen LogP contribution in [0.2, 0.25) is 0 Å². The maximum atomic E-state index is 13.9. The van der Waals surface area contributed by atoms with Crippen molar-refractivity contribution in [2.45, 2.75) is 38.7 Å². The van der Waals surface area contributed by atoms with Gasteiger partial charge in [0.25, 0.3) is 0 Å². The number of hydrogen-bond donors (Lipinski definition) is 2. The molecule has 4 nitrogen and oxygen atoms in total. The molecule has 1 aromatic rings. The first-order valence-electron chi connectivity index (χ1n) is 6.70. The lowest BCUT2D eigenvalue weighted by Crippen LogP contribution is -2.45. The number of nitrogens with two attached hydrogens (primary N) is 1. The zero-order valence-electron chi connectivity index (χ0n) is 12.8. The molecule has 0 radical (unpaired) electrons. The summed E-state index contributed by atoms with van der Waals surface area (Å²) in [5.41, 5.74) is 4.26. The minimum absolute atomic E-state index is 0.0405. The fourth-order valence-electron chi connectivity index (χ4n) is 1.82. The number of rotatable bonds is 4. The Morgan fingerprint density at radius 2 is 1.90 bits per heavy atom. The summed E-state index contributed by atoms with van der Waals surface area (Å²) in [5, 5.41) is 2.55. The van der Waals surface area contributed by atoms with Crippen molar-refractivity contribution < 1.29 is 18.3 Å². The summed E-state index contributed by atoms with van der Waals surface area (Å²) in [6.07, 6.45) is -0.626. The highest BCUT2D eigenvalue weighted by Crippen LogP contribution is 2.25. The van der Waals surface area contributed by atoms with Crippen LogP contribution in [0.25, 0.3) is 0 Å². The first kappa shape index (κ1) is 17.4. The lowest BCUT2D eigenvalue weighted by molar-refractivity contribution is 0.0516. The normalized spacial score (nSPS) is 14.4. The number of carbonyl (C=O) groups is 1. The van der Waals surface area contributed by atoms with Crippen molar-refractivity contribution in [2.24, 2.45) is 5.73 Å². The highest BCUT2D eigenvalue weighted by Gasteiger charge is 2.30. The molecule has 0 aliphatic heterocycles. The Morgan fingerprint density at radius 3 is 2.43 bits per heavy atom. The van der Waals surface area contributed by atoms with Crippen LogP contribution in [0.4, 0.5) is 13.6 Å². The molecule has 118 valence electrons. The van der Waals surface area contributed by atoms with Gasteiger partial charge in [-0.2, -0.15) is 0 Å². The fraction of sp³-hybridized carbons (Fsp3) is 0.533. The molecule has 3 N–H and O–H groups in total. The van der Waals surface area contributed by atoms with Crippen molar-refractivity contribution in [1.82, 2.24) is 5.32 Å². The lowest BCUT2D eigenvalue weighted by atomic mass is 9.82. The van der Waals surface area contributed by atoms with Crippen LogP contribution >= 0.6 is 0 Å². The van der Waals surface area contributed by atoms with E-state index in [1.54, 1.807) is 27.7 Å². The first-order valence-corrected chi connectivity index (χ1v) is 6.70. The van der Waals surface area contributed by atoms with E-state index >= 15 is 0 Å². The molecule has 0 aliphatic rings. The third-order valence-corrected chi connectivity index (χ3v) is 3.05. The minimum atomic E-state index is -0.927. The van der Waals surface area contributed by atoms with E-state index in [9.17, 15) is 13.6 Å². The van der Waals surface area contributed by atoms with E-state index in [2.05, 4.69) is 5.32 Å². The third kappa shape index (κ3) is 4.97. The summed E-state index contributed by atoms with van der Waals surface area (Å²) >= 11 is 0. The quantitative estimate of drug-likeness (QED) is 0.898. The number of hydrogen-bond acceptors (Lipinski definition) is 3. The predicted octanol–water partition coefficient (Wildman–Crippen LogP) is 2.71. The molecule has 0 heterocycles. The molecule has 0 aromatic heterocycles. The molecule has 1 amide bonds. The minimum Gasteiger partial charge on any atom is -0.444 e. The van der Waals surface area contributed by atoms with Crippen LogP contribution in [0.15, 0.2) is 18.2 Å². The zero-order chi connectivity index (χ0) is 16.3. The third-order valence-electron chi connectivity index (χ3n) is 3.05. The van der Waals surface area contributed by atoms with Crippen molar-refractivity contribution in [3.05, 3.63) is 35.4 Å². The molecule has 1 atom stereocenters. The largest absolute Gasteiger partial charge is 0.444 e. The van der Waals surface area contributed by atoms with Crippen LogP contribution in [0.3, 0.4) is 0 Å². The van der Waals surface area contributed by atoms with Crippen molar-refractivity contribution in [3.8, 4) is 0 Å². The molecule has 0 bridgehead atoms. The van der Waals surface area contributed by atoms with Gasteiger partial charge in [0.15, 0.2) is 0 Å². The van der Waals surface area contributed by atoms with Gasteiger partial charge in [0.1, 0.15) is 17.2 Å². The summed E-state index contributed by atoms with van der Waals surface area (Å²) in [7, 11) is 0. The Hall–Kier alpha value is -1.69. The van der Waals surface area contributed by atoms with Gasteiger partial charge in [-0.15, -0.1) is 0 Å². The van der Waals surface area contributed by atoms with Crippen LogP contribution in [-0.4, -0.2) is 24.8 Å². The smallest absolute Gasteiger partial charge is 0.407 e. The van der Waals surface area contributed by atoms with Crippen molar-refractivity contribution >= 4 is 6.09 Å². The number of halogens is 2. The van der Waals surface area contributed by atoms with E-state index in [1.807, 2.05) is 0 Å². The Labute approximate surface area is 123 Å². The summed E-state index contributed by atoms with van der Waals surface area (Å²) in [5.74, 6) is -1.11. The van der Waals surface area contributed by atoms with Gasteiger partial charge in [-0.1, -0.05) is 6.92 Å². The zero-order valence-corrected chi connectivity index (χ0v) is 12.8. The standard InChI is InChI=1S/C15H22F2N2O2/c1-14(2,3)21-13(20)19-9-15(4,8-18)11-7-10(16)5-6-12(11)17/h5-7H,8-9,18H2,1-4H3,(H,19,20). The number of carbonyl (C=O) groups excluding carboxylic acids is 1. The summed E-state index contributed by atoms with van der Waals surface area (Å²) in [6, 6.07) is 3.18. The van der Waals surface area contributed by atoms with E-state index in [1.165, 1.54) is 0 Å². The van der Waals surface area contributed by atoms with E-state index in [4.69, 9.17) is 10.5 Å². The maximum Gasteiger partial charge on any atom is 0.407 e. The molecule has 0 fully saturated rings. The second-order valence-corrected chi connectivity index (χ2v) is 6.24. The molecule has 0 spiro atoms. The SMILES string of the molecule is CC(C)(C)OC(=O)NCC(C)(CN)c1cc(F)ccc1F. The summed E-state index contributed by atoms with van der Waals surface area (Å²) in [6.45, 7) is 6.95. The molecular weight excluding hydrogens is 278 g/mol. The topological polar surface area (TPSA) is 64.3 Å². The van der Waals surface area contributed by atoms with Gasteiger partial charge in [0.2, 0.25) is 0 Å². The van der Waals surface area contributed by atoms with Gasteiger partial charge in [0, 0.05) is 18.5 Å². The molecule has 1 unspecified atom stereocenters. The fourth-order valence-corrected chi connectivity index (χ4v) is 1.82. The van der Waals surface area contributed by atoms with Crippen LogP contribution in [0.1, 0.15) is 33.3 Å². The Bertz CT molecular complexity index is 515. The maximum absolute atomic E-state index is 13.9. The van der Waals surface area contributed by atoms with E-state index in [-0.39, 0.29) is 18.7 Å². The first-order chi connectivity index (χ1) is 9.57. The Balaban J connectivity index is 2.86. The molecular formula is C15H22F2N2O2. The summed E-state index contributed by atoms with van der Waals surface area (Å²) in [4.78, 5) is 11.7. The van der Waals surface area contributed by atoms with Crippen molar-refractivity contribution in [1.29, 1.82) is 0 Å². The Morgan fingerprint density at radius 1 is 1.29 bits per heavy atom. The van der Waals surface area contributed by atoms with Crippen LogP contribution in [0, 0.1) is 11.6 Å². The molecule has 0 saturated carbocycles. The van der Waals surface area contributed by atoms with Gasteiger partial charge in [-0.25, -0.2) is 13.6 Å². The van der Waals surface area contributed by atoms with Crippen LogP contribution in [0.5, 0.6) is 0 Å². The van der Waals surface area contributed by atoms with Crippen LogP contribution in [-0.2, 0) is 10.2 Å². The molecule has 1 rings (SSSR count). The van der Waals surface area contributed by atoms with Gasteiger partial charge in [-0.3, -0.25) is 0 Å². The molecule has 6 heteroatoms. The van der Waals surface area contributed by atoms with Gasteiger partial charge >= 0.3 is 6.09 Å². The van der Waals surface area contributed by atoms with E-state index < -0.39 is 28.7 Å². The number of ether oxygens (including phenoxy) is 1. The monoisotopic (exact) mass is 300 g/mol. The predicted molar refractivity (Wildman–Crippen MR) is 77.0 cm³/mol. The number of amides is 1. The van der Waals surface area contributed by atoms with Gasteiger partial charge in [-0.05, 0) is 44.5 Å². The van der Waals surface area contributed by atoms with Crippen LogP contribution < -0.4 is 11.1 Å². The second-order valence-electron chi connectivity index (χ2n) is 6.24. The molecule has 1 aromatic carbocycles. The second kappa shape index (κ2) is 6.39. The highest BCUT2D eigenvalue weighted by molar-refractivity contribution is 5.67. The Kier molecular flexibility index (Phi) is 5.28. The number of benzene rings is 1. The summed E-state index contributed by atoms with van der Waals surface area (Å²) < 4.78 is 32.3. The number of nitrogens with one attached hydrogen (secondary N) is 1. The molecule has 0 saturated heterocycles. The molecule has 0 aliphatic carbocycles. The average Bonchev–Trinajstić information content (AvgIpc) is 2.37. The van der Waals surface area contributed by atoms with E-state index in [0.29, 0.717) is 0 Å². The van der Waals surface area contributed by atoms with Gasteiger partial charge in [0.05, 0.1) is 0 Å². The lowest BCUT2D eigenvalue weighted by Gasteiger charge is -2.30. The average molecular weight is 300 g/mol. The van der Waals surface area contributed by atoms with Gasteiger partial charge < -0.3 is 15.8 Å². The molecule has 21 heavy (non-hydrogen) atoms. The highest BCUT2D eigenvalue weighted by atomic mass is 19.1.